The van der Waals surface area contributed by atoms with Gasteiger partial charge in [-0.3, -0.25) is 0 Å². The van der Waals surface area contributed by atoms with Crippen LogP contribution in [0.15, 0.2) is 30.3 Å². The summed E-state index contributed by atoms with van der Waals surface area (Å²) in [5.41, 5.74) is 1.41. The number of benzene rings is 1. The third-order valence-corrected chi connectivity index (χ3v) is 1.47. The molecule has 1 aromatic rings. The summed E-state index contributed by atoms with van der Waals surface area (Å²) in [6, 6.07) is 10.5. The van der Waals surface area contributed by atoms with Crippen LogP contribution < -0.4 is 5.14 Å². The average molecular weight is 201 g/mol. The zero-order valence-electron chi connectivity index (χ0n) is 7.81. The van der Waals surface area contributed by atoms with Gasteiger partial charge in [0.15, 0.2) is 10.9 Å². The van der Waals surface area contributed by atoms with Crippen molar-refractivity contribution < 1.29 is 8.42 Å². The Labute approximate surface area is 80.7 Å². The lowest BCUT2D eigenvalue weighted by molar-refractivity contribution is 0.616. The molecule has 4 heteroatoms. The Balaban J connectivity index is 0.000000310. The fourth-order valence-corrected chi connectivity index (χ4v) is 0.838. The van der Waals surface area contributed by atoms with E-state index in [1.54, 1.807) is 0 Å². The topological polar surface area (TPSA) is 60.2 Å². The zero-order chi connectivity index (χ0) is 10.3. The van der Waals surface area contributed by atoms with Crippen LogP contribution in [0.4, 0.5) is 0 Å². The summed E-state index contributed by atoms with van der Waals surface area (Å²) in [7, 11) is -2.62. The normalized spacial score (nSPS) is 9.62. The van der Waals surface area contributed by atoms with Crippen molar-refractivity contribution in [1.29, 1.82) is 0 Å². The van der Waals surface area contributed by atoms with Crippen LogP contribution in [-0.4, -0.2) is 8.42 Å². The highest BCUT2D eigenvalue weighted by molar-refractivity contribution is 7.69. The maximum Gasteiger partial charge on any atom is 0.198 e. The Morgan fingerprint density at radius 2 is 1.54 bits per heavy atom. The van der Waals surface area contributed by atoms with Gasteiger partial charge in [-0.1, -0.05) is 44.2 Å². The highest BCUT2D eigenvalue weighted by Gasteiger charge is 1.93. The Kier molecular flexibility index (Phi) is 6.18. The molecule has 1 aromatic carbocycles. The summed E-state index contributed by atoms with van der Waals surface area (Å²) < 4.78 is 17.6. The molecule has 0 atom stereocenters. The molecule has 0 spiro atoms. The predicted molar refractivity (Wildman–Crippen MR) is 55.0 cm³/mol. The van der Waals surface area contributed by atoms with Gasteiger partial charge in [0.1, 0.15) is 0 Å². The van der Waals surface area contributed by atoms with Crippen molar-refractivity contribution in [3.05, 3.63) is 35.9 Å². The summed E-state index contributed by atoms with van der Waals surface area (Å²) >= 11 is 0. The molecule has 0 saturated carbocycles. The first-order valence-electron chi connectivity index (χ1n) is 3.98. The standard InChI is InChI=1S/C9H12.H3NO2S/c1-8(2)9-6-4-3-5-7-9;1-4(2)3/h3-8H,1-2H3;4H,(H2,1,2,3). The Bertz CT molecular complexity index is 286. The fourth-order valence-electron chi connectivity index (χ4n) is 0.838. The van der Waals surface area contributed by atoms with Gasteiger partial charge in [0.05, 0.1) is 0 Å². The number of thiol groups is 1. The van der Waals surface area contributed by atoms with E-state index in [-0.39, 0.29) is 0 Å². The molecular formula is C9H15NO2S. The van der Waals surface area contributed by atoms with Gasteiger partial charge in [0, 0.05) is 0 Å². The van der Waals surface area contributed by atoms with Gasteiger partial charge in [0.2, 0.25) is 0 Å². The van der Waals surface area contributed by atoms with Crippen LogP contribution in [-0.2, 0) is 10.9 Å². The SMILES string of the molecule is CC(C)c1ccccc1.N[SH](=O)=O. The maximum absolute atomic E-state index is 8.81. The van der Waals surface area contributed by atoms with E-state index in [4.69, 9.17) is 8.42 Å². The minimum absolute atomic E-state index is 0.659. The van der Waals surface area contributed by atoms with Gasteiger partial charge in [-0.2, -0.15) is 0 Å². The van der Waals surface area contributed by atoms with Gasteiger partial charge in [-0.25, -0.2) is 13.6 Å². The molecule has 0 radical (unpaired) electrons. The molecule has 0 aromatic heterocycles. The number of hydrogen-bond acceptors (Lipinski definition) is 2. The molecule has 0 amide bonds. The predicted octanol–water partition coefficient (Wildman–Crippen LogP) is 1.28. The van der Waals surface area contributed by atoms with Crippen LogP contribution >= 0.6 is 0 Å². The van der Waals surface area contributed by atoms with Crippen molar-refractivity contribution in [3.8, 4) is 0 Å². The molecule has 0 unspecified atom stereocenters. The summed E-state index contributed by atoms with van der Waals surface area (Å²) in [6.07, 6.45) is 0. The van der Waals surface area contributed by atoms with Crippen LogP contribution in [0.5, 0.6) is 0 Å². The Morgan fingerprint density at radius 1 is 1.15 bits per heavy atom. The first-order valence-corrected chi connectivity index (χ1v) is 5.22. The van der Waals surface area contributed by atoms with Crippen molar-refractivity contribution in [2.24, 2.45) is 5.14 Å². The molecule has 13 heavy (non-hydrogen) atoms. The molecule has 2 N–H and O–H groups in total. The molecule has 1 rings (SSSR count). The van der Waals surface area contributed by atoms with E-state index in [9.17, 15) is 0 Å². The minimum atomic E-state index is -2.62. The first-order chi connectivity index (χ1) is 6.04. The fraction of sp³-hybridized carbons (Fsp3) is 0.333. The zero-order valence-corrected chi connectivity index (χ0v) is 8.70. The molecule has 0 bridgehead atoms. The monoisotopic (exact) mass is 201 g/mol. The van der Waals surface area contributed by atoms with Crippen molar-refractivity contribution >= 4 is 10.9 Å². The second-order valence-electron chi connectivity index (χ2n) is 2.85. The summed E-state index contributed by atoms with van der Waals surface area (Å²) in [4.78, 5) is 0. The molecule has 0 aliphatic carbocycles. The molecule has 0 aliphatic rings. The highest BCUT2D eigenvalue weighted by atomic mass is 32.2. The molecule has 0 saturated heterocycles. The van der Waals surface area contributed by atoms with Crippen molar-refractivity contribution in [2.45, 2.75) is 19.8 Å². The van der Waals surface area contributed by atoms with E-state index in [1.165, 1.54) is 5.56 Å². The van der Waals surface area contributed by atoms with E-state index < -0.39 is 10.9 Å². The second-order valence-corrected chi connectivity index (χ2v) is 3.42. The second kappa shape index (κ2) is 6.62. The summed E-state index contributed by atoms with van der Waals surface area (Å²) in [5.74, 6) is 0.659. The van der Waals surface area contributed by atoms with Crippen molar-refractivity contribution in [1.82, 2.24) is 0 Å². The van der Waals surface area contributed by atoms with E-state index in [1.807, 2.05) is 6.07 Å². The molecule has 0 fully saturated rings. The Morgan fingerprint density at radius 3 is 1.77 bits per heavy atom. The van der Waals surface area contributed by atoms with Gasteiger partial charge < -0.3 is 0 Å². The van der Waals surface area contributed by atoms with E-state index in [2.05, 4.69) is 43.3 Å². The molecular weight excluding hydrogens is 186 g/mol. The van der Waals surface area contributed by atoms with Crippen LogP contribution in [0.25, 0.3) is 0 Å². The molecule has 3 nitrogen and oxygen atoms in total. The van der Waals surface area contributed by atoms with E-state index in [0.29, 0.717) is 5.92 Å². The minimum Gasteiger partial charge on any atom is -0.231 e. The van der Waals surface area contributed by atoms with Crippen molar-refractivity contribution in [3.63, 3.8) is 0 Å². The van der Waals surface area contributed by atoms with Crippen LogP contribution in [0, 0.1) is 0 Å². The third-order valence-electron chi connectivity index (χ3n) is 1.47. The molecule has 0 heterocycles. The number of rotatable bonds is 1. The van der Waals surface area contributed by atoms with E-state index >= 15 is 0 Å². The third kappa shape index (κ3) is 7.49. The summed E-state index contributed by atoms with van der Waals surface area (Å²) in [5, 5.41) is 4.06. The molecule has 0 aliphatic heterocycles. The highest BCUT2D eigenvalue weighted by Crippen LogP contribution is 2.11. The van der Waals surface area contributed by atoms with E-state index in [0.717, 1.165) is 0 Å². The van der Waals surface area contributed by atoms with Gasteiger partial charge >= 0.3 is 0 Å². The largest absolute Gasteiger partial charge is 0.231 e. The smallest absolute Gasteiger partial charge is 0.198 e. The van der Waals surface area contributed by atoms with Crippen LogP contribution in [0.3, 0.4) is 0 Å². The maximum atomic E-state index is 8.81. The van der Waals surface area contributed by atoms with Crippen LogP contribution in [0.2, 0.25) is 0 Å². The number of hydrogen-bond donors (Lipinski definition) is 2. The lowest BCUT2D eigenvalue weighted by atomic mass is 10.0. The number of nitrogens with two attached hydrogens (primary N) is 1. The average Bonchev–Trinajstić information content (AvgIpc) is 2.05. The summed E-state index contributed by atoms with van der Waals surface area (Å²) in [6.45, 7) is 4.41. The van der Waals surface area contributed by atoms with Gasteiger partial charge in [-0.15, -0.1) is 0 Å². The molecule has 74 valence electrons. The quantitative estimate of drug-likeness (QED) is 0.672. The first kappa shape index (κ1) is 12.1. The van der Waals surface area contributed by atoms with Crippen LogP contribution in [0.1, 0.15) is 25.3 Å². The van der Waals surface area contributed by atoms with Gasteiger partial charge in [-0.05, 0) is 11.5 Å². The Hall–Kier alpha value is -0.870. The van der Waals surface area contributed by atoms with Crippen molar-refractivity contribution in [2.75, 3.05) is 0 Å². The lowest BCUT2D eigenvalue weighted by Gasteiger charge is -2.01. The lowest BCUT2D eigenvalue weighted by Crippen LogP contribution is -1.85. The van der Waals surface area contributed by atoms with Gasteiger partial charge in [0.25, 0.3) is 0 Å².